The van der Waals surface area contributed by atoms with E-state index in [1.54, 1.807) is 11.3 Å². The number of benzene rings is 2. The fourth-order valence-corrected chi connectivity index (χ4v) is 5.07. The predicted octanol–water partition coefficient (Wildman–Crippen LogP) is 6.04. The highest BCUT2D eigenvalue weighted by Gasteiger charge is 2.25. The number of carbonyl (C=O) groups excluding carboxylic acids is 1. The molecule has 1 aliphatic rings. The highest BCUT2D eigenvalue weighted by molar-refractivity contribution is 7.22. The highest BCUT2D eigenvalue weighted by atomic mass is 32.1. The lowest BCUT2D eigenvalue weighted by molar-refractivity contribution is -0.146. The average molecular weight is 434 g/mol. The second kappa shape index (κ2) is 8.19. The van der Waals surface area contributed by atoms with Crippen LogP contribution in [0.1, 0.15) is 42.0 Å². The van der Waals surface area contributed by atoms with Gasteiger partial charge in [0, 0.05) is 18.0 Å². The first-order valence-corrected chi connectivity index (χ1v) is 11.3. The summed E-state index contributed by atoms with van der Waals surface area (Å²) in [5.74, 6) is 2.08. The van der Waals surface area contributed by atoms with Crippen LogP contribution in [-0.2, 0) is 22.4 Å². The van der Waals surface area contributed by atoms with Crippen LogP contribution in [0, 0.1) is 6.92 Å². The summed E-state index contributed by atoms with van der Waals surface area (Å²) in [5, 5.41) is 1.20. The molecule has 0 amide bonds. The summed E-state index contributed by atoms with van der Waals surface area (Å²) in [7, 11) is 0. The topological polar surface area (TPSA) is 61.6 Å². The van der Waals surface area contributed by atoms with Gasteiger partial charge in [0.1, 0.15) is 17.6 Å². The van der Waals surface area contributed by atoms with Gasteiger partial charge in [0.2, 0.25) is 5.89 Å². The van der Waals surface area contributed by atoms with E-state index in [1.807, 2.05) is 31.2 Å². The Bertz CT molecular complexity index is 1220. The Labute approximate surface area is 184 Å². The third kappa shape index (κ3) is 4.08. The second-order valence-corrected chi connectivity index (χ2v) is 8.85. The molecule has 31 heavy (non-hydrogen) atoms. The van der Waals surface area contributed by atoms with Crippen molar-refractivity contribution in [3.05, 3.63) is 71.1 Å². The maximum absolute atomic E-state index is 11.3. The van der Waals surface area contributed by atoms with Crippen LogP contribution in [0.4, 0.5) is 0 Å². The van der Waals surface area contributed by atoms with Crippen LogP contribution in [-0.4, -0.2) is 17.6 Å². The molecule has 5 nitrogen and oxygen atoms in total. The van der Waals surface area contributed by atoms with Crippen LogP contribution in [0.2, 0.25) is 0 Å². The van der Waals surface area contributed by atoms with Gasteiger partial charge in [-0.1, -0.05) is 24.3 Å². The number of aromatic nitrogens is 1. The molecule has 0 aliphatic heterocycles. The lowest BCUT2D eigenvalue weighted by atomic mass is 10.1. The molecule has 2 aromatic heterocycles. The van der Waals surface area contributed by atoms with E-state index < -0.39 is 0 Å². The van der Waals surface area contributed by atoms with Gasteiger partial charge in [-0.3, -0.25) is 4.79 Å². The number of aryl methyl sites for hydroxylation is 2. The molecule has 1 aliphatic carbocycles. The largest absolute Gasteiger partial charge is 0.493 e. The molecule has 0 spiro atoms. The molecule has 0 saturated carbocycles. The molecular formula is C25H23NO4S. The van der Waals surface area contributed by atoms with E-state index in [2.05, 4.69) is 24.3 Å². The zero-order valence-electron chi connectivity index (χ0n) is 17.5. The van der Waals surface area contributed by atoms with Gasteiger partial charge in [-0.25, -0.2) is 4.98 Å². The van der Waals surface area contributed by atoms with E-state index in [-0.39, 0.29) is 12.1 Å². The molecule has 1 unspecified atom stereocenters. The summed E-state index contributed by atoms with van der Waals surface area (Å²) in [5.41, 5.74) is 3.19. The maximum atomic E-state index is 11.3. The quantitative estimate of drug-likeness (QED) is 0.347. The molecule has 0 fully saturated rings. The molecule has 0 N–H and O–H groups in total. The Kier molecular flexibility index (Phi) is 5.24. The molecule has 2 heterocycles. The fourth-order valence-electron chi connectivity index (χ4n) is 4.09. The van der Waals surface area contributed by atoms with E-state index in [4.69, 9.17) is 18.9 Å². The summed E-state index contributed by atoms with van der Waals surface area (Å²) in [4.78, 5) is 17.0. The Morgan fingerprint density at radius 3 is 2.94 bits per heavy atom. The number of carbonyl (C=O) groups is 1. The van der Waals surface area contributed by atoms with Crippen molar-refractivity contribution < 1.29 is 18.7 Å². The zero-order valence-corrected chi connectivity index (χ0v) is 18.3. The second-order valence-electron chi connectivity index (χ2n) is 7.77. The number of esters is 1. The molecule has 0 saturated heterocycles. The Balaban J connectivity index is 1.24. The van der Waals surface area contributed by atoms with Gasteiger partial charge >= 0.3 is 5.97 Å². The SMILES string of the molecule is CC(=O)OC1CCc2cc(OCCc3nc(-c4cc5ccccc5s4)oc3C)ccc21. The Morgan fingerprint density at radius 2 is 2.10 bits per heavy atom. The van der Waals surface area contributed by atoms with Crippen molar-refractivity contribution in [2.45, 2.75) is 39.2 Å². The van der Waals surface area contributed by atoms with E-state index in [0.29, 0.717) is 18.9 Å². The number of hydrogen-bond acceptors (Lipinski definition) is 6. The number of rotatable bonds is 6. The first kappa shape index (κ1) is 19.8. The van der Waals surface area contributed by atoms with Crippen LogP contribution in [0.25, 0.3) is 20.9 Å². The smallest absolute Gasteiger partial charge is 0.303 e. The minimum absolute atomic E-state index is 0.133. The van der Waals surface area contributed by atoms with Gasteiger partial charge < -0.3 is 13.9 Å². The van der Waals surface area contributed by atoms with Crippen LogP contribution in [0.15, 0.2) is 52.9 Å². The van der Waals surface area contributed by atoms with Crippen molar-refractivity contribution in [2.75, 3.05) is 6.61 Å². The number of nitrogens with zero attached hydrogens (tertiary/aromatic N) is 1. The van der Waals surface area contributed by atoms with Gasteiger partial charge in [-0.2, -0.15) is 0 Å². The van der Waals surface area contributed by atoms with Gasteiger partial charge in [-0.15, -0.1) is 11.3 Å². The van der Waals surface area contributed by atoms with Crippen LogP contribution in [0.3, 0.4) is 0 Å². The molecule has 0 radical (unpaired) electrons. The Morgan fingerprint density at radius 1 is 1.23 bits per heavy atom. The first-order chi connectivity index (χ1) is 15.1. The van der Waals surface area contributed by atoms with Crippen molar-refractivity contribution >= 4 is 27.4 Å². The summed E-state index contributed by atoms with van der Waals surface area (Å²) in [6, 6.07) is 16.4. The lowest BCUT2D eigenvalue weighted by Crippen LogP contribution is -2.05. The highest BCUT2D eigenvalue weighted by Crippen LogP contribution is 2.36. The molecule has 4 aromatic rings. The number of ether oxygens (including phenoxy) is 2. The average Bonchev–Trinajstić information content (AvgIpc) is 3.45. The summed E-state index contributed by atoms with van der Waals surface area (Å²) >= 11 is 1.69. The van der Waals surface area contributed by atoms with Gasteiger partial charge in [0.15, 0.2) is 0 Å². The van der Waals surface area contributed by atoms with Crippen molar-refractivity contribution in [1.29, 1.82) is 0 Å². The van der Waals surface area contributed by atoms with E-state index in [1.165, 1.54) is 22.6 Å². The molecule has 2 aromatic carbocycles. The van der Waals surface area contributed by atoms with Crippen LogP contribution < -0.4 is 4.74 Å². The first-order valence-electron chi connectivity index (χ1n) is 10.4. The number of hydrogen-bond donors (Lipinski definition) is 0. The standard InChI is InChI=1S/C25H23NO4S/c1-15-21(26-25(29-15)24-14-18-5-3-4-6-23(18)31-24)11-12-28-19-8-9-20-17(13-19)7-10-22(20)30-16(2)27/h3-6,8-9,13-14,22H,7,10-12H2,1-2H3. The van der Waals surface area contributed by atoms with Crippen LogP contribution in [0.5, 0.6) is 5.75 Å². The molecule has 5 rings (SSSR count). The third-order valence-electron chi connectivity index (χ3n) is 5.58. The number of fused-ring (bicyclic) bond motifs is 2. The van der Waals surface area contributed by atoms with Crippen molar-refractivity contribution in [1.82, 2.24) is 4.98 Å². The molecule has 6 heteroatoms. The van der Waals surface area contributed by atoms with Gasteiger partial charge in [0.05, 0.1) is 17.2 Å². The summed E-state index contributed by atoms with van der Waals surface area (Å²) in [6.07, 6.45) is 2.27. The van der Waals surface area contributed by atoms with E-state index in [0.717, 1.165) is 40.5 Å². The fraction of sp³-hybridized carbons (Fsp3) is 0.280. The molecule has 0 bridgehead atoms. The molecule has 1 atom stereocenters. The number of thiophene rings is 1. The van der Waals surface area contributed by atoms with Gasteiger partial charge in [0.25, 0.3) is 0 Å². The lowest BCUT2D eigenvalue weighted by Gasteiger charge is -2.12. The molecular weight excluding hydrogens is 410 g/mol. The Hall–Kier alpha value is -3.12. The van der Waals surface area contributed by atoms with Crippen molar-refractivity contribution in [3.8, 4) is 16.5 Å². The summed E-state index contributed by atoms with van der Waals surface area (Å²) < 4.78 is 18.5. The van der Waals surface area contributed by atoms with E-state index in [9.17, 15) is 4.79 Å². The number of oxazole rings is 1. The monoisotopic (exact) mass is 433 g/mol. The van der Waals surface area contributed by atoms with Crippen molar-refractivity contribution in [3.63, 3.8) is 0 Å². The minimum Gasteiger partial charge on any atom is -0.493 e. The predicted molar refractivity (Wildman–Crippen MR) is 121 cm³/mol. The van der Waals surface area contributed by atoms with Crippen LogP contribution >= 0.6 is 11.3 Å². The summed E-state index contributed by atoms with van der Waals surface area (Å²) in [6.45, 7) is 3.92. The normalized spacial score (nSPS) is 15.2. The third-order valence-corrected chi connectivity index (χ3v) is 6.69. The molecule has 158 valence electrons. The maximum Gasteiger partial charge on any atom is 0.303 e. The van der Waals surface area contributed by atoms with Gasteiger partial charge in [-0.05, 0) is 60.5 Å². The minimum atomic E-state index is -0.240. The van der Waals surface area contributed by atoms with Crippen molar-refractivity contribution in [2.24, 2.45) is 0 Å². The zero-order chi connectivity index (χ0) is 21.4. The van der Waals surface area contributed by atoms with E-state index >= 15 is 0 Å².